The van der Waals surface area contributed by atoms with E-state index in [1.54, 1.807) is 55.5 Å². The van der Waals surface area contributed by atoms with Gasteiger partial charge in [0.15, 0.2) is 0 Å². The molecule has 0 bridgehead atoms. The van der Waals surface area contributed by atoms with Crippen molar-refractivity contribution in [3.05, 3.63) is 98.5 Å². The second-order valence-electron chi connectivity index (χ2n) is 6.09. The molecule has 3 aromatic rings. The van der Waals surface area contributed by atoms with Crippen LogP contribution < -0.4 is 5.30 Å². The van der Waals surface area contributed by atoms with Crippen molar-refractivity contribution < 1.29 is 9.36 Å². The van der Waals surface area contributed by atoms with E-state index in [2.05, 4.69) is 0 Å². The molecule has 0 heterocycles. The second-order valence-corrected chi connectivity index (χ2v) is 10.5. The first-order valence-electron chi connectivity index (χ1n) is 8.23. The first-order chi connectivity index (χ1) is 13.3. The van der Waals surface area contributed by atoms with Crippen molar-refractivity contribution in [3.8, 4) is 0 Å². The van der Waals surface area contributed by atoms with Gasteiger partial charge < -0.3 is 4.57 Å². The Morgan fingerprint density at radius 1 is 0.821 bits per heavy atom. The van der Waals surface area contributed by atoms with E-state index < -0.39 is 12.7 Å². The molecule has 0 aliphatic carbocycles. The third-order valence-electron chi connectivity index (χ3n) is 4.27. The number of thiocarbonyl (C=S) groups is 1. The summed E-state index contributed by atoms with van der Waals surface area (Å²) in [5.74, 6) is 0. The average molecular weight is 468 g/mol. The lowest BCUT2D eigenvalue weighted by Crippen LogP contribution is -2.23. The van der Waals surface area contributed by atoms with Crippen molar-refractivity contribution in [2.24, 2.45) is 0 Å². The summed E-state index contributed by atoms with van der Waals surface area (Å²) in [7, 11) is -4.03. The van der Waals surface area contributed by atoms with Gasteiger partial charge in [0.2, 0.25) is 12.7 Å². The summed E-state index contributed by atoms with van der Waals surface area (Å²) >= 11 is 24.5. The van der Waals surface area contributed by atoms with Crippen molar-refractivity contribution in [1.29, 1.82) is 0 Å². The Morgan fingerprint density at radius 3 is 1.93 bits per heavy atom. The third-order valence-corrected chi connectivity index (χ3v) is 9.21. The maximum Gasteiger partial charge on any atom is 0.234 e. The summed E-state index contributed by atoms with van der Waals surface area (Å²) in [5.41, 5.74) is 0.363. The van der Waals surface area contributed by atoms with Gasteiger partial charge in [0, 0.05) is 5.30 Å². The second kappa shape index (κ2) is 8.49. The highest BCUT2D eigenvalue weighted by molar-refractivity contribution is 8.13. The number of carbonyl (C=O) groups excluding carboxylic acids is 1. The standard InChI is InChI=1S/C21H14Cl3O2PS/c1-13-7-5-12-17(24)19(13)27(26,21(28)14-8-3-2-4-9-14)20(25)18-15(22)10-6-11-16(18)23/h2-12H,1H3. The van der Waals surface area contributed by atoms with Crippen LogP contribution in [0.1, 0.15) is 21.5 Å². The van der Waals surface area contributed by atoms with Gasteiger partial charge in [0.05, 0.1) is 25.2 Å². The van der Waals surface area contributed by atoms with E-state index in [1.165, 1.54) is 12.1 Å². The van der Waals surface area contributed by atoms with E-state index in [0.717, 1.165) is 0 Å². The minimum atomic E-state index is -4.03. The fraction of sp³-hybridized carbons (Fsp3) is 0.0476. The van der Waals surface area contributed by atoms with Crippen LogP contribution >= 0.6 is 54.2 Å². The Kier molecular flexibility index (Phi) is 6.44. The molecule has 1 atom stereocenters. The molecule has 0 saturated carbocycles. The number of rotatable bonds is 5. The highest BCUT2D eigenvalue weighted by Crippen LogP contribution is 2.55. The molecule has 0 aromatic heterocycles. The minimum absolute atomic E-state index is 0.0188. The Hall–Kier alpha value is -1.48. The van der Waals surface area contributed by atoms with Crippen LogP contribution in [0.15, 0.2) is 66.7 Å². The highest BCUT2D eigenvalue weighted by atomic mass is 35.5. The molecule has 0 aliphatic rings. The van der Waals surface area contributed by atoms with Crippen LogP contribution in [-0.4, -0.2) is 10.1 Å². The molecule has 0 amide bonds. The number of hydrogen-bond donors (Lipinski definition) is 0. The van der Waals surface area contributed by atoms with Crippen LogP contribution in [0, 0.1) is 6.92 Å². The SMILES string of the molecule is Cc1cccc(Cl)c1P(=O)(C(=O)c1c(Cl)cccc1Cl)C(=S)c1ccccc1. The van der Waals surface area contributed by atoms with E-state index in [-0.39, 0.29) is 30.5 Å². The van der Waals surface area contributed by atoms with Gasteiger partial charge in [-0.15, -0.1) is 0 Å². The largest absolute Gasteiger partial charge is 0.304 e. The quantitative estimate of drug-likeness (QED) is 0.295. The smallest absolute Gasteiger partial charge is 0.234 e. The van der Waals surface area contributed by atoms with E-state index in [9.17, 15) is 9.36 Å². The zero-order valence-electron chi connectivity index (χ0n) is 14.7. The Morgan fingerprint density at radius 2 is 1.36 bits per heavy atom. The fourth-order valence-electron chi connectivity index (χ4n) is 2.94. The zero-order chi connectivity index (χ0) is 20.5. The van der Waals surface area contributed by atoms with Crippen molar-refractivity contribution in [2.75, 3.05) is 0 Å². The van der Waals surface area contributed by atoms with Gasteiger partial charge in [-0.1, -0.05) is 95.6 Å². The van der Waals surface area contributed by atoms with Crippen molar-refractivity contribution in [3.63, 3.8) is 0 Å². The lowest BCUT2D eigenvalue weighted by molar-refractivity contribution is 0.107. The first-order valence-corrected chi connectivity index (χ1v) is 11.5. The van der Waals surface area contributed by atoms with Crippen LogP contribution in [0.4, 0.5) is 0 Å². The monoisotopic (exact) mass is 466 g/mol. The maximum atomic E-state index is 14.5. The van der Waals surface area contributed by atoms with E-state index in [1.807, 2.05) is 6.07 Å². The molecular formula is C21H14Cl3O2PS. The topological polar surface area (TPSA) is 34.1 Å². The molecule has 0 fully saturated rings. The van der Waals surface area contributed by atoms with Gasteiger partial charge in [-0.3, -0.25) is 4.79 Å². The summed E-state index contributed by atoms with van der Waals surface area (Å²) in [4.78, 5) is 13.6. The van der Waals surface area contributed by atoms with E-state index in [4.69, 9.17) is 47.0 Å². The summed E-state index contributed by atoms with van der Waals surface area (Å²) in [6.07, 6.45) is 0. The van der Waals surface area contributed by atoms with Gasteiger partial charge in [-0.05, 0) is 36.2 Å². The lowest BCUT2D eigenvalue weighted by atomic mass is 10.2. The van der Waals surface area contributed by atoms with Crippen LogP contribution in [0.5, 0.6) is 0 Å². The maximum absolute atomic E-state index is 14.5. The molecule has 28 heavy (non-hydrogen) atoms. The molecule has 142 valence electrons. The average Bonchev–Trinajstić information content (AvgIpc) is 2.67. The molecule has 0 radical (unpaired) electrons. The molecule has 7 heteroatoms. The third kappa shape index (κ3) is 3.70. The predicted molar refractivity (Wildman–Crippen MR) is 122 cm³/mol. The normalized spacial score (nSPS) is 13.0. The predicted octanol–water partition coefficient (Wildman–Crippen LogP) is 7.16. The van der Waals surface area contributed by atoms with Crippen LogP contribution in [-0.2, 0) is 4.57 Å². The van der Waals surface area contributed by atoms with Gasteiger partial charge in [0.1, 0.15) is 0 Å². The molecular weight excluding hydrogens is 454 g/mol. The molecule has 3 rings (SSSR count). The van der Waals surface area contributed by atoms with Crippen molar-refractivity contribution in [2.45, 2.75) is 6.92 Å². The fourth-order valence-corrected chi connectivity index (χ4v) is 7.48. The van der Waals surface area contributed by atoms with E-state index >= 15 is 0 Å². The number of aryl methyl sites for hydroxylation is 1. The molecule has 1 unspecified atom stereocenters. The molecule has 2 nitrogen and oxygen atoms in total. The van der Waals surface area contributed by atoms with Crippen LogP contribution in [0.25, 0.3) is 0 Å². The number of benzene rings is 3. The van der Waals surface area contributed by atoms with Crippen molar-refractivity contribution >= 4 is 69.6 Å². The van der Waals surface area contributed by atoms with Gasteiger partial charge in [-0.25, -0.2) is 0 Å². The molecule has 0 aliphatic heterocycles. The van der Waals surface area contributed by atoms with Gasteiger partial charge in [0.25, 0.3) is 0 Å². The van der Waals surface area contributed by atoms with E-state index in [0.29, 0.717) is 11.1 Å². The Balaban J connectivity index is 2.34. The van der Waals surface area contributed by atoms with Crippen LogP contribution in [0.2, 0.25) is 15.1 Å². The van der Waals surface area contributed by atoms with Crippen molar-refractivity contribution in [1.82, 2.24) is 0 Å². The molecule has 0 spiro atoms. The Bertz CT molecular complexity index is 1090. The number of hydrogen-bond acceptors (Lipinski definition) is 3. The number of carbonyl (C=O) groups is 1. The summed E-state index contributed by atoms with van der Waals surface area (Å²) in [6, 6.07) is 18.5. The first kappa shape index (κ1) is 21.2. The zero-order valence-corrected chi connectivity index (χ0v) is 18.6. The Labute approximate surface area is 183 Å². The lowest BCUT2D eigenvalue weighted by Gasteiger charge is -2.22. The van der Waals surface area contributed by atoms with Crippen LogP contribution in [0.3, 0.4) is 0 Å². The summed E-state index contributed by atoms with van der Waals surface area (Å²) < 4.78 is 14.5. The summed E-state index contributed by atoms with van der Waals surface area (Å²) in [5, 5.41) is 0.640. The van der Waals surface area contributed by atoms with Gasteiger partial charge in [-0.2, -0.15) is 0 Å². The molecule has 0 N–H and O–H groups in total. The highest BCUT2D eigenvalue weighted by Gasteiger charge is 2.43. The number of halogens is 3. The van der Waals surface area contributed by atoms with Gasteiger partial charge >= 0.3 is 0 Å². The molecule has 0 saturated heterocycles. The minimum Gasteiger partial charge on any atom is -0.304 e. The molecule has 3 aromatic carbocycles. The summed E-state index contributed by atoms with van der Waals surface area (Å²) in [6.45, 7) is 1.74.